The summed E-state index contributed by atoms with van der Waals surface area (Å²) in [5.41, 5.74) is -2.84. The first kappa shape index (κ1) is 22.4. The predicted molar refractivity (Wildman–Crippen MR) is 96.4 cm³/mol. The molecule has 160 valence electrons. The molecule has 0 aliphatic rings. The molecule has 0 bridgehead atoms. The number of methoxy groups -OCH3 is 1. The van der Waals surface area contributed by atoms with Gasteiger partial charge in [0.2, 0.25) is 0 Å². The Morgan fingerprint density at radius 1 is 1.10 bits per heavy atom. The van der Waals surface area contributed by atoms with E-state index in [1.807, 2.05) is 0 Å². The van der Waals surface area contributed by atoms with Crippen molar-refractivity contribution in [2.75, 3.05) is 12.4 Å². The fourth-order valence-corrected chi connectivity index (χ4v) is 2.39. The highest BCUT2D eigenvalue weighted by molar-refractivity contribution is 5.80. The fourth-order valence-electron chi connectivity index (χ4n) is 2.39. The Morgan fingerprint density at radius 2 is 1.77 bits per heavy atom. The van der Waals surface area contributed by atoms with E-state index in [2.05, 4.69) is 10.1 Å². The third-order valence-electron chi connectivity index (χ3n) is 3.80. The van der Waals surface area contributed by atoms with Gasteiger partial charge in [-0.25, -0.2) is 4.79 Å². The summed E-state index contributed by atoms with van der Waals surface area (Å²) in [6.07, 6.45) is -4.96. The second-order valence-corrected chi connectivity index (χ2v) is 5.86. The maximum absolute atomic E-state index is 13.3. The zero-order valence-corrected chi connectivity index (χ0v) is 15.4. The molecule has 0 fully saturated rings. The molecule has 10 nitrogen and oxygen atoms in total. The van der Waals surface area contributed by atoms with Gasteiger partial charge < -0.3 is 14.8 Å². The maximum Gasteiger partial charge on any atom is 0.420 e. The number of hydrogen-bond donors (Lipinski definition) is 1. The molecule has 2 aromatic carbocycles. The number of nitro groups is 2. The van der Waals surface area contributed by atoms with E-state index in [1.165, 1.54) is 6.92 Å². The minimum atomic E-state index is -4.96. The van der Waals surface area contributed by atoms with Gasteiger partial charge in [-0.3, -0.25) is 20.2 Å². The lowest BCUT2D eigenvalue weighted by molar-refractivity contribution is -0.385. The van der Waals surface area contributed by atoms with Crippen molar-refractivity contribution in [2.24, 2.45) is 0 Å². The lowest BCUT2D eigenvalue weighted by atomic mass is 10.1. The van der Waals surface area contributed by atoms with Crippen LogP contribution < -0.4 is 10.1 Å². The Labute approximate surface area is 166 Å². The monoisotopic (exact) mass is 429 g/mol. The smallest absolute Gasteiger partial charge is 0.420 e. The summed E-state index contributed by atoms with van der Waals surface area (Å²) in [5, 5.41) is 24.5. The number of rotatable bonds is 7. The summed E-state index contributed by atoms with van der Waals surface area (Å²) in [7, 11) is 1.11. The molecular formula is C17H14F3N3O7. The number of esters is 1. The van der Waals surface area contributed by atoms with Crippen LogP contribution >= 0.6 is 0 Å². The van der Waals surface area contributed by atoms with Crippen molar-refractivity contribution < 1.29 is 37.3 Å². The average Bonchev–Trinajstić information content (AvgIpc) is 2.66. The normalized spacial score (nSPS) is 12.0. The molecule has 0 amide bonds. The van der Waals surface area contributed by atoms with E-state index in [1.54, 1.807) is 0 Å². The first-order chi connectivity index (χ1) is 13.9. The number of hydrogen-bond acceptors (Lipinski definition) is 8. The Hall–Kier alpha value is -3.90. The Morgan fingerprint density at radius 3 is 2.30 bits per heavy atom. The van der Waals surface area contributed by atoms with Crippen LogP contribution in [0.3, 0.4) is 0 Å². The van der Waals surface area contributed by atoms with Gasteiger partial charge in [-0.15, -0.1) is 0 Å². The van der Waals surface area contributed by atoms with Crippen molar-refractivity contribution in [1.29, 1.82) is 0 Å². The number of carbonyl (C=O) groups excluding carboxylic acids is 1. The summed E-state index contributed by atoms with van der Waals surface area (Å²) < 4.78 is 49.6. The molecule has 0 saturated heterocycles. The van der Waals surface area contributed by atoms with E-state index < -0.39 is 50.7 Å². The molecule has 1 N–H and O–H groups in total. The molecular weight excluding hydrogens is 415 g/mol. The van der Waals surface area contributed by atoms with E-state index >= 15 is 0 Å². The van der Waals surface area contributed by atoms with Crippen LogP contribution in [0.1, 0.15) is 12.5 Å². The number of alkyl halides is 3. The molecule has 1 unspecified atom stereocenters. The number of nitro benzene ring substituents is 2. The van der Waals surface area contributed by atoms with Crippen molar-refractivity contribution in [1.82, 2.24) is 0 Å². The summed E-state index contributed by atoms with van der Waals surface area (Å²) >= 11 is 0. The predicted octanol–water partition coefficient (Wildman–Crippen LogP) is 4.29. The Balaban J connectivity index is 2.46. The van der Waals surface area contributed by atoms with Crippen molar-refractivity contribution in [2.45, 2.75) is 19.1 Å². The highest BCUT2D eigenvalue weighted by atomic mass is 19.4. The number of ether oxygens (including phenoxy) is 2. The lowest BCUT2D eigenvalue weighted by Crippen LogP contribution is -2.27. The van der Waals surface area contributed by atoms with E-state index in [9.17, 15) is 38.2 Å². The van der Waals surface area contributed by atoms with E-state index in [-0.39, 0.29) is 11.4 Å². The van der Waals surface area contributed by atoms with Crippen LogP contribution in [0.15, 0.2) is 36.4 Å². The van der Waals surface area contributed by atoms with Crippen LogP contribution in [-0.2, 0) is 15.7 Å². The van der Waals surface area contributed by atoms with Gasteiger partial charge >= 0.3 is 12.1 Å². The fraction of sp³-hybridized carbons (Fsp3) is 0.235. The number of benzene rings is 2. The summed E-state index contributed by atoms with van der Waals surface area (Å²) in [6, 6.07) is 3.96. The van der Waals surface area contributed by atoms with Crippen molar-refractivity contribution in [3.8, 4) is 11.5 Å². The molecule has 2 rings (SSSR count). The van der Waals surface area contributed by atoms with Gasteiger partial charge in [0.1, 0.15) is 28.8 Å². The largest absolute Gasteiger partial charge is 0.467 e. The molecule has 30 heavy (non-hydrogen) atoms. The first-order valence-electron chi connectivity index (χ1n) is 8.10. The van der Waals surface area contributed by atoms with Crippen LogP contribution in [0.5, 0.6) is 11.5 Å². The van der Waals surface area contributed by atoms with Crippen LogP contribution in [0.2, 0.25) is 0 Å². The van der Waals surface area contributed by atoms with Crippen molar-refractivity contribution in [3.05, 3.63) is 62.2 Å². The molecule has 1 atom stereocenters. The van der Waals surface area contributed by atoms with Gasteiger partial charge in [0, 0.05) is 24.3 Å². The molecule has 0 aliphatic heterocycles. The molecule has 0 radical (unpaired) electrons. The standard InChI is InChI=1S/C17H14F3N3O7/c1-9(16(24)29-2)21-13-8-11(4-5-14(13)23(27)28)30-15-6-3-10(22(25)26)7-12(15)17(18,19)20/h3-9,21H,1-2H3. The second kappa shape index (κ2) is 8.63. The van der Waals surface area contributed by atoms with Crippen LogP contribution in [0, 0.1) is 20.2 Å². The second-order valence-electron chi connectivity index (χ2n) is 5.86. The molecule has 0 aromatic heterocycles. The quantitative estimate of drug-likeness (QED) is 0.391. The zero-order valence-electron chi connectivity index (χ0n) is 15.4. The third-order valence-corrected chi connectivity index (χ3v) is 3.80. The number of nitrogens with one attached hydrogen (secondary N) is 1. The van der Waals surface area contributed by atoms with Gasteiger partial charge in [-0.2, -0.15) is 13.2 Å². The minimum absolute atomic E-state index is 0.203. The maximum atomic E-state index is 13.3. The molecule has 13 heteroatoms. The number of anilines is 1. The minimum Gasteiger partial charge on any atom is -0.467 e. The van der Waals surface area contributed by atoms with Gasteiger partial charge in [-0.1, -0.05) is 0 Å². The van der Waals surface area contributed by atoms with Crippen LogP contribution in [0.4, 0.5) is 30.2 Å². The van der Waals surface area contributed by atoms with Gasteiger partial charge in [0.25, 0.3) is 11.4 Å². The SMILES string of the molecule is COC(=O)C(C)Nc1cc(Oc2ccc([N+](=O)[O-])cc2C(F)(F)F)ccc1[N+](=O)[O-]. The number of carbonyl (C=O) groups is 1. The number of halogens is 3. The molecule has 0 saturated carbocycles. The molecule has 0 spiro atoms. The average molecular weight is 429 g/mol. The molecule has 0 heterocycles. The van der Waals surface area contributed by atoms with E-state index in [0.29, 0.717) is 6.07 Å². The summed E-state index contributed by atoms with van der Waals surface area (Å²) in [6.45, 7) is 1.36. The first-order valence-corrected chi connectivity index (χ1v) is 8.10. The Kier molecular flexibility index (Phi) is 6.44. The van der Waals surface area contributed by atoms with E-state index in [0.717, 1.165) is 37.4 Å². The summed E-state index contributed by atoms with van der Waals surface area (Å²) in [5.74, 6) is -1.71. The van der Waals surface area contributed by atoms with Crippen molar-refractivity contribution in [3.63, 3.8) is 0 Å². The van der Waals surface area contributed by atoms with Gasteiger partial charge in [0.05, 0.1) is 17.0 Å². The highest BCUT2D eigenvalue weighted by Gasteiger charge is 2.36. The van der Waals surface area contributed by atoms with Crippen molar-refractivity contribution >= 4 is 23.0 Å². The highest BCUT2D eigenvalue weighted by Crippen LogP contribution is 2.41. The topological polar surface area (TPSA) is 134 Å². The summed E-state index contributed by atoms with van der Waals surface area (Å²) in [4.78, 5) is 31.8. The molecule has 0 aliphatic carbocycles. The van der Waals surface area contributed by atoms with Crippen LogP contribution in [0.25, 0.3) is 0 Å². The number of nitrogens with zero attached hydrogens (tertiary/aromatic N) is 2. The third kappa shape index (κ3) is 5.12. The van der Waals surface area contributed by atoms with Gasteiger partial charge in [0.15, 0.2) is 0 Å². The lowest BCUT2D eigenvalue weighted by Gasteiger charge is -2.16. The van der Waals surface area contributed by atoms with E-state index in [4.69, 9.17) is 4.74 Å². The Bertz CT molecular complexity index is 995. The number of non-ortho nitro benzene ring substituents is 1. The van der Waals surface area contributed by atoms with Gasteiger partial charge in [-0.05, 0) is 19.1 Å². The molecule has 2 aromatic rings. The zero-order chi connectivity index (χ0) is 22.6. The van der Waals surface area contributed by atoms with Crippen LogP contribution in [-0.4, -0.2) is 29.0 Å².